The highest BCUT2D eigenvalue weighted by atomic mass is 35.5. The first-order valence-corrected chi connectivity index (χ1v) is 10.1. The highest BCUT2D eigenvalue weighted by molar-refractivity contribution is 6.31. The van der Waals surface area contributed by atoms with Crippen LogP contribution in [0.2, 0.25) is 5.02 Å². The summed E-state index contributed by atoms with van der Waals surface area (Å²) in [4.78, 5) is 12.5. The van der Waals surface area contributed by atoms with Crippen molar-refractivity contribution in [2.45, 2.75) is 46.1 Å². The smallest absolute Gasteiger partial charge is 0.412 e. The van der Waals surface area contributed by atoms with Crippen LogP contribution in [0.1, 0.15) is 49.6 Å². The number of carbonyl (C=O) groups is 1. The Morgan fingerprint density at radius 1 is 1.21 bits per heavy atom. The third-order valence-electron chi connectivity index (χ3n) is 4.75. The standard InChI is InChI=1S/C23H25ClN2O3/c1-4-5-8-17-11-13-18(14-12-17)22-21(15(2)26-29-22)25-23(27)28-16(3)19-9-6-7-10-20(19)24/h6-7,9-14,16H,4-5,8H2,1-3H3,(H,25,27). The number of hydrogen-bond acceptors (Lipinski definition) is 4. The molecule has 29 heavy (non-hydrogen) atoms. The van der Waals surface area contributed by atoms with Crippen molar-refractivity contribution in [3.8, 4) is 11.3 Å². The molecule has 0 saturated heterocycles. The summed E-state index contributed by atoms with van der Waals surface area (Å²) >= 11 is 6.18. The Labute approximate surface area is 176 Å². The Balaban J connectivity index is 1.72. The van der Waals surface area contributed by atoms with Crippen molar-refractivity contribution >= 4 is 23.4 Å². The molecular weight excluding hydrogens is 388 g/mol. The van der Waals surface area contributed by atoms with Crippen LogP contribution in [0.15, 0.2) is 53.1 Å². The van der Waals surface area contributed by atoms with Crippen LogP contribution in [0.3, 0.4) is 0 Å². The minimum Gasteiger partial charge on any atom is -0.441 e. The molecule has 1 N–H and O–H groups in total. The van der Waals surface area contributed by atoms with Gasteiger partial charge in [-0.2, -0.15) is 0 Å². The number of carbonyl (C=O) groups excluding carboxylic acids is 1. The molecule has 0 saturated carbocycles. The largest absolute Gasteiger partial charge is 0.441 e. The summed E-state index contributed by atoms with van der Waals surface area (Å²) in [5.74, 6) is 0.506. The summed E-state index contributed by atoms with van der Waals surface area (Å²) in [6.07, 6.45) is 2.27. The summed E-state index contributed by atoms with van der Waals surface area (Å²) in [7, 11) is 0. The molecule has 0 aliphatic rings. The van der Waals surface area contributed by atoms with Crippen molar-refractivity contribution in [1.82, 2.24) is 5.16 Å². The van der Waals surface area contributed by atoms with Gasteiger partial charge in [0.1, 0.15) is 17.5 Å². The van der Waals surface area contributed by atoms with Crippen molar-refractivity contribution in [3.63, 3.8) is 0 Å². The molecule has 1 amide bonds. The van der Waals surface area contributed by atoms with Crippen molar-refractivity contribution in [2.75, 3.05) is 5.32 Å². The van der Waals surface area contributed by atoms with Gasteiger partial charge in [0.05, 0.1) is 0 Å². The van der Waals surface area contributed by atoms with Crippen molar-refractivity contribution in [1.29, 1.82) is 0 Å². The third-order valence-corrected chi connectivity index (χ3v) is 5.10. The van der Waals surface area contributed by atoms with E-state index in [9.17, 15) is 4.79 Å². The van der Waals surface area contributed by atoms with Gasteiger partial charge in [0.25, 0.3) is 0 Å². The van der Waals surface area contributed by atoms with Crippen LogP contribution in [0.4, 0.5) is 10.5 Å². The summed E-state index contributed by atoms with van der Waals surface area (Å²) in [6, 6.07) is 15.4. The number of benzene rings is 2. The zero-order valence-corrected chi connectivity index (χ0v) is 17.6. The van der Waals surface area contributed by atoms with Crippen LogP contribution in [-0.4, -0.2) is 11.2 Å². The topological polar surface area (TPSA) is 64.4 Å². The zero-order chi connectivity index (χ0) is 20.8. The van der Waals surface area contributed by atoms with E-state index >= 15 is 0 Å². The summed E-state index contributed by atoms with van der Waals surface area (Å²) in [6.45, 7) is 5.72. The summed E-state index contributed by atoms with van der Waals surface area (Å²) < 4.78 is 11.0. The predicted octanol–water partition coefficient (Wildman–Crippen LogP) is 6.96. The molecule has 3 aromatic rings. The molecule has 3 rings (SSSR count). The van der Waals surface area contributed by atoms with Crippen LogP contribution < -0.4 is 5.32 Å². The molecule has 0 radical (unpaired) electrons. The first-order chi connectivity index (χ1) is 14.0. The number of aromatic nitrogens is 1. The minimum absolute atomic E-state index is 0.495. The van der Waals surface area contributed by atoms with Gasteiger partial charge in [-0.05, 0) is 38.3 Å². The summed E-state index contributed by atoms with van der Waals surface area (Å²) in [5, 5.41) is 7.32. The number of hydrogen-bond donors (Lipinski definition) is 1. The Morgan fingerprint density at radius 2 is 1.93 bits per heavy atom. The maximum atomic E-state index is 12.5. The van der Waals surface area contributed by atoms with Gasteiger partial charge in [0.2, 0.25) is 0 Å². The highest BCUT2D eigenvalue weighted by Crippen LogP contribution is 2.32. The molecule has 5 nitrogen and oxygen atoms in total. The van der Waals surface area contributed by atoms with Gasteiger partial charge in [-0.15, -0.1) is 0 Å². The maximum absolute atomic E-state index is 12.5. The fourth-order valence-corrected chi connectivity index (χ4v) is 3.37. The van der Waals surface area contributed by atoms with E-state index in [0.29, 0.717) is 22.2 Å². The van der Waals surface area contributed by atoms with E-state index < -0.39 is 12.2 Å². The molecule has 1 aromatic heterocycles. The average Bonchev–Trinajstić information content (AvgIpc) is 3.07. The van der Waals surface area contributed by atoms with Gasteiger partial charge >= 0.3 is 6.09 Å². The third kappa shape index (κ3) is 5.18. The molecule has 1 atom stereocenters. The fraction of sp³-hybridized carbons (Fsp3) is 0.304. The normalized spacial score (nSPS) is 11.9. The highest BCUT2D eigenvalue weighted by Gasteiger charge is 2.20. The number of nitrogens with zero attached hydrogens (tertiary/aromatic N) is 1. The van der Waals surface area contributed by atoms with Gasteiger partial charge in [0, 0.05) is 16.1 Å². The van der Waals surface area contributed by atoms with Gasteiger partial charge < -0.3 is 9.26 Å². The SMILES string of the molecule is CCCCc1ccc(-c2onc(C)c2NC(=O)OC(C)c2ccccc2Cl)cc1. The average molecular weight is 413 g/mol. The first kappa shape index (κ1) is 20.9. The number of halogens is 1. The molecule has 1 heterocycles. The quantitative estimate of drug-likeness (QED) is 0.455. The lowest BCUT2D eigenvalue weighted by Gasteiger charge is -2.15. The van der Waals surface area contributed by atoms with Crippen molar-refractivity contribution in [3.05, 3.63) is 70.4 Å². The van der Waals surface area contributed by atoms with E-state index in [2.05, 4.69) is 29.5 Å². The number of nitrogens with one attached hydrogen (secondary N) is 1. The Morgan fingerprint density at radius 3 is 2.62 bits per heavy atom. The number of aryl methyl sites for hydroxylation is 2. The molecule has 6 heteroatoms. The molecular formula is C23H25ClN2O3. The molecule has 0 aliphatic carbocycles. The van der Waals surface area contributed by atoms with Gasteiger partial charge in [-0.1, -0.05) is 72.6 Å². The lowest BCUT2D eigenvalue weighted by molar-refractivity contribution is 0.121. The van der Waals surface area contributed by atoms with Gasteiger partial charge in [-0.25, -0.2) is 4.79 Å². The lowest BCUT2D eigenvalue weighted by Crippen LogP contribution is -2.17. The minimum atomic E-state index is -0.593. The molecule has 152 valence electrons. The Hall–Kier alpha value is -2.79. The predicted molar refractivity (Wildman–Crippen MR) is 115 cm³/mol. The van der Waals surface area contributed by atoms with E-state index in [1.54, 1.807) is 19.9 Å². The second kappa shape index (κ2) is 9.61. The van der Waals surface area contributed by atoms with Crippen LogP contribution in [0.25, 0.3) is 11.3 Å². The molecule has 0 aliphatic heterocycles. The molecule has 0 spiro atoms. The number of anilines is 1. The molecule has 0 bridgehead atoms. The molecule has 1 unspecified atom stereocenters. The number of unbranched alkanes of at least 4 members (excludes halogenated alkanes) is 1. The molecule has 2 aromatic carbocycles. The number of rotatable bonds is 7. The second-order valence-electron chi connectivity index (χ2n) is 6.97. The number of ether oxygens (including phenoxy) is 1. The van der Waals surface area contributed by atoms with Crippen molar-refractivity contribution in [2.24, 2.45) is 0 Å². The van der Waals surface area contributed by atoms with E-state index in [4.69, 9.17) is 20.9 Å². The lowest BCUT2D eigenvalue weighted by atomic mass is 10.0. The van der Waals surface area contributed by atoms with E-state index in [0.717, 1.165) is 30.4 Å². The summed E-state index contributed by atoms with van der Waals surface area (Å²) in [5.41, 5.74) is 3.95. The Kier molecular flexibility index (Phi) is 6.94. The van der Waals surface area contributed by atoms with Crippen LogP contribution in [0, 0.1) is 6.92 Å². The number of amides is 1. The van der Waals surface area contributed by atoms with Gasteiger partial charge in [-0.3, -0.25) is 5.32 Å². The fourth-order valence-electron chi connectivity index (χ4n) is 3.08. The van der Waals surface area contributed by atoms with Crippen molar-refractivity contribution < 1.29 is 14.1 Å². The van der Waals surface area contributed by atoms with Gasteiger partial charge in [0.15, 0.2) is 5.76 Å². The van der Waals surface area contributed by atoms with Crippen LogP contribution >= 0.6 is 11.6 Å². The van der Waals surface area contributed by atoms with E-state index in [-0.39, 0.29) is 0 Å². The van der Waals surface area contributed by atoms with Crippen LogP contribution in [0.5, 0.6) is 0 Å². The van der Waals surface area contributed by atoms with E-state index in [1.165, 1.54) is 5.56 Å². The maximum Gasteiger partial charge on any atom is 0.412 e. The molecule has 0 fully saturated rings. The van der Waals surface area contributed by atoms with Crippen LogP contribution in [-0.2, 0) is 11.2 Å². The van der Waals surface area contributed by atoms with E-state index in [1.807, 2.05) is 30.3 Å². The second-order valence-corrected chi connectivity index (χ2v) is 7.37. The Bertz CT molecular complexity index is 967. The zero-order valence-electron chi connectivity index (χ0n) is 16.9. The monoisotopic (exact) mass is 412 g/mol. The first-order valence-electron chi connectivity index (χ1n) is 9.77.